The van der Waals surface area contributed by atoms with Crippen LogP contribution in [0.5, 0.6) is 5.75 Å². The third kappa shape index (κ3) is 11.9. The van der Waals surface area contributed by atoms with E-state index in [9.17, 15) is 31.5 Å². The molecule has 0 amide bonds. The van der Waals surface area contributed by atoms with Crippen LogP contribution in [0.25, 0.3) is 0 Å². The monoisotopic (exact) mass is 469 g/mol. The van der Waals surface area contributed by atoms with Crippen LogP contribution in [-0.2, 0) is 21.0 Å². The highest BCUT2D eigenvalue weighted by atomic mass is 32.2. The quantitative estimate of drug-likeness (QED) is 0.381. The smallest absolute Gasteiger partial charge is 0.416 e. The van der Waals surface area contributed by atoms with E-state index in [4.69, 9.17) is 9.84 Å². The average Bonchev–Trinajstić information content (AvgIpc) is 2.66. The number of aliphatic carboxylic acids is 1. The van der Waals surface area contributed by atoms with Gasteiger partial charge in [0.25, 0.3) is 0 Å². The minimum atomic E-state index is -4.48. The Kier molecular flexibility index (Phi) is 11.3. The number of alkyl halides is 3. The lowest BCUT2D eigenvalue weighted by atomic mass is 10.1. The van der Waals surface area contributed by atoms with Gasteiger partial charge < -0.3 is 14.9 Å². The van der Waals surface area contributed by atoms with Crippen LogP contribution in [0.1, 0.15) is 50.5 Å². The van der Waals surface area contributed by atoms with Crippen molar-refractivity contribution in [3.8, 4) is 5.75 Å². The summed E-state index contributed by atoms with van der Waals surface area (Å²) in [5.41, 5.74) is -0.841. The fourth-order valence-electron chi connectivity index (χ4n) is 2.90. The molecule has 1 aromatic carbocycles. The van der Waals surface area contributed by atoms with Crippen LogP contribution in [-0.4, -0.2) is 61.0 Å². The maximum atomic E-state index is 12.7. The van der Waals surface area contributed by atoms with E-state index in [1.54, 1.807) is 0 Å². The summed E-state index contributed by atoms with van der Waals surface area (Å²) >= 11 is 0. The first-order chi connectivity index (χ1) is 14.4. The number of unbranched alkanes of at least 4 members (excludes halogenated alkanes) is 3. The van der Waals surface area contributed by atoms with Crippen LogP contribution in [0.3, 0.4) is 0 Å². The molecular weight excluding hydrogens is 439 g/mol. The first kappa shape index (κ1) is 27.2. The number of ether oxygens (including phenoxy) is 1. The van der Waals surface area contributed by atoms with Crippen LogP contribution in [0.15, 0.2) is 24.3 Å². The highest BCUT2D eigenvalue weighted by molar-refractivity contribution is 7.88. The number of rotatable bonds is 15. The molecule has 0 heterocycles. The topological polar surface area (TPSA) is 104 Å². The molecule has 11 heteroatoms. The van der Waals surface area contributed by atoms with Gasteiger partial charge in [0, 0.05) is 19.5 Å². The Bertz CT molecular complexity index is 785. The molecule has 0 bridgehead atoms. The van der Waals surface area contributed by atoms with E-state index in [2.05, 4.69) is 0 Å². The molecule has 178 valence electrons. The van der Waals surface area contributed by atoms with E-state index in [1.165, 1.54) is 16.4 Å². The lowest BCUT2D eigenvalue weighted by molar-refractivity contribution is -0.138. The molecule has 0 spiro atoms. The number of carbonyl (C=O) groups is 1. The van der Waals surface area contributed by atoms with Gasteiger partial charge in [0.15, 0.2) is 0 Å². The zero-order valence-electron chi connectivity index (χ0n) is 17.5. The standard InChI is InChI=1S/C20H30F3NO6S/c1-31(28,29)24(12-5-3-2-4-11-19(26)27)13-7-9-17(25)15-30-18-10-6-8-16(14-18)20(21,22)23/h6,8,10,14,17,25H,2-5,7,9,11-13,15H2,1H3,(H,26,27). The number of carboxylic acid groups (broad SMARTS) is 1. The van der Waals surface area contributed by atoms with Crippen molar-refractivity contribution in [3.63, 3.8) is 0 Å². The van der Waals surface area contributed by atoms with Gasteiger partial charge in [0.1, 0.15) is 12.4 Å². The average molecular weight is 470 g/mol. The van der Waals surface area contributed by atoms with Crippen molar-refractivity contribution in [2.24, 2.45) is 0 Å². The van der Waals surface area contributed by atoms with Gasteiger partial charge in [-0.2, -0.15) is 13.2 Å². The third-order valence-electron chi connectivity index (χ3n) is 4.57. The van der Waals surface area contributed by atoms with Gasteiger partial charge in [-0.15, -0.1) is 0 Å². The number of halogens is 3. The number of hydrogen-bond donors (Lipinski definition) is 2. The van der Waals surface area contributed by atoms with Crippen LogP contribution in [0.2, 0.25) is 0 Å². The predicted molar refractivity (Wildman–Crippen MR) is 109 cm³/mol. The van der Waals surface area contributed by atoms with E-state index >= 15 is 0 Å². The van der Waals surface area contributed by atoms with Gasteiger partial charge in [-0.25, -0.2) is 12.7 Å². The Morgan fingerprint density at radius 3 is 2.39 bits per heavy atom. The molecule has 0 saturated carbocycles. The van der Waals surface area contributed by atoms with Gasteiger partial charge >= 0.3 is 12.1 Å². The van der Waals surface area contributed by atoms with Gasteiger partial charge in [-0.05, 0) is 43.9 Å². The SMILES string of the molecule is CS(=O)(=O)N(CCCCCCC(=O)O)CCCC(O)COc1cccc(C(F)(F)F)c1. The molecule has 0 radical (unpaired) electrons. The number of benzene rings is 1. The van der Waals surface area contributed by atoms with E-state index in [0.29, 0.717) is 38.6 Å². The fraction of sp³-hybridized carbons (Fsp3) is 0.650. The molecule has 2 N–H and O–H groups in total. The van der Waals surface area contributed by atoms with E-state index in [-0.39, 0.29) is 31.7 Å². The minimum absolute atomic E-state index is 0.00506. The van der Waals surface area contributed by atoms with Crippen LogP contribution in [0, 0.1) is 0 Å². The van der Waals surface area contributed by atoms with Crippen LogP contribution < -0.4 is 4.74 Å². The van der Waals surface area contributed by atoms with E-state index in [0.717, 1.165) is 18.4 Å². The molecular formula is C20H30F3NO6S. The van der Waals surface area contributed by atoms with Gasteiger partial charge in [-0.3, -0.25) is 4.79 Å². The Labute approximate surface area is 180 Å². The van der Waals surface area contributed by atoms with Crippen molar-refractivity contribution in [1.29, 1.82) is 0 Å². The van der Waals surface area contributed by atoms with Crippen LogP contribution in [0.4, 0.5) is 13.2 Å². The molecule has 0 aliphatic carbocycles. The summed E-state index contributed by atoms with van der Waals surface area (Å²) in [5, 5.41) is 18.6. The van der Waals surface area contributed by atoms with Gasteiger partial charge in [-0.1, -0.05) is 18.9 Å². The van der Waals surface area contributed by atoms with Crippen molar-refractivity contribution >= 4 is 16.0 Å². The summed E-state index contributed by atoms with van der Waals surface area (Å²) in [7, 11) is -3.42. The fourth-order valence-corrected chi connectivity index (χ4v) is 3.82. The number of sulfonamides is 1. The molecule has 0 fully saturated rings. The molecule has 31 heavy (non-hydrogen) atoms. The third-order valence-corrected chi connectivity index (χ3v) is 5.87. The van der Waals surface area contributed by atoms with E-state index in [1.807, 2.05) is 0 Å². The predicted octanol–water partition coefficient (Wildman–Crippen LogP) is 3.52. The first-order valence-electron chi connectivity index (χ1n) is 10.0. The Hall–Kier alpha value is -1.85. The second-order valence-electron chi connectivity index (χ2n) is 7.35. The summed E-state index contributed by atoms with van der Waals surface area (Å²) < 4.78 is 68.5. The van der Waals surface area contributed by atoms with E-state index < -0.39 is 33.8 Å². The number of nitrogens with zero attached hydrogens (tertiary/aromatic N) is 1. The largest absolute Gasteiger partial charge is 0.491 e. The van der Waals surface area contributed by atoms with Crippen molar-refractivity contribution < 1.29 is 41.3 Å². The zero-order chi connectivity index (χ0) is 23.5. The highest BCUT2D eigenvalue weighted by Crippen LogP contribution is 2.31. The summed E-state index contributed by atoms with van der Waals surface area (Å²) in [6.45, 7) is 0.307. The lowest BCUT2D eigenvalue weighted by Crippen LogP contribution is -2.32. The van der Waals surface area contributed by atoms with Gasteiger partial charge in [0.05, 0.1) is 17.9 Å². The van der Waals surface area contributed by atoms with Crippen molar-refractivity contribution in [2.75, 3.05) is 26.0 Å². The first-order valence-corrected chi connectivity index (χ1v) is 11.9. The van der Waals surface area contributed by atoms with Crippen molar-refractivity contribution in [3.05, 3.63) is 29.8 Å². The number of hydrogen-bond acceptors (Lipinski definition) is 5. The maximum absolute atomic E-state index is 12.7. The Balaban J connectivity index is 2.36. The molecule has 0 aromatic heterocycles. The zero-order valence-corrected chi connectivity index (χ0v) is 18.3. The highest BCUT2D eigenvalue weighted by Gasteiger charge is 2.30. The second kappa shape index (κ2) is 12.9. The van der Waals surface area contributed by atoms with Crippen molar-refractivity contribution in [2.45, 2.75) is 57.2 Å². The maximum Gasteiger partial charge on any atom is 0.416 e. The summed E-state index contributed by atoms with van der Waals surface area (Å²) in [6, 6.07) is 4.36. The molecule has 7 nitrogen and oxygen atoms in total. The summed E-state index contributed by atoms with van der Waals surface area (Å²) in [6.07, 6.45) is -1.08. The Morgan fingerprint density at radius 2 is 1.77 bits per heavy atom. The van der Waals surface area contributed by atoms with Gasteiger partial charge in [0.2, 0.25) is 10.0 Å². The normalized spacial score (nSPS) is 13.4. The Morgan fingerprint density at radius 1 is 1.13 bits per heavy atom. The molecule has 1 aromatic rings. The van der Waals surface area contributed by atoms with Crippen LogP contribution >= 0.6 is 0 Å². The molecule has 1 atom stereocenters. The molecule has 1 unspecified atom stereocenters. The number of carboxylic acids is 1. The molecule has 0 aliphatic heterocycles. The minimum Gasteiger partial charge on any atom is -0.491 e. The summed E-state index contributed by atoms with van der Waals surface area (Å²) in [5.74, 6) is -0.858. The molecule has 1 rings (SSSR count). The second-order valence-corrected chi connectivity index (χ2v) is 9.34. The molecule has 0 aliphatic rings. The van der Waals surface area contributed by atoms with Crippen molar-refractivity contribution in [1.82, 2.24) is 4.31 Å². The molecule has 0 saturated heterocycles. The lowest BCUT2D eigenvalue weighted by Gasteiger charge is -2.21. The number of aliphatic hydroxyl groups excluding tert-OH is 1. The number of aliphatic hydroxyl groups is 1. The summed E-state index contributed by atoms with van der Waals surface area (Å²) in [4.78, 5) is 10.5.